The number of hydrogen-bond acceptors (Lipinski definition) is 5. The molecular formula is C12H13BrN2O2S2. The Morgan fingerprint density at radius 2 is 2.26 bits per heavy atom. The van der Waals surface area contributed by atoms with Gasteiger partial charge >= 0.3 is 0 Å². The highest BCUT2D eigenvalue weighted by molar-refractivity contribution is 9.10. The maximum absolute atomic E-state index is 11.6. The van der Waals surface area contributed by atoms with Crippen molar-refractivity contribution in [2.45, 2.75) is 18.9 Å². The number of nitrogens with zero attached hydrogens (tertiary/aromatic N) is 1. The second-order valence-corrected chi connectivity index (χ2v) is 8.90. The van der Waals surface area contributed by atoms with Gasteiger partial charge in [0.1, 0.15) is 0 Å². The number of thiazole rings is 1. The summed E-state index contributed by atoms with van der Waals surface area (Å²) in [5.41, 5.74) is 0.939. The van der Waals surface area contributed by atoms with Gasteiger partial charge in [-0.05, 0) is 31.0 Å². The Morgan fingerprint density at radius 1 is 1.42 bits per heavy atom. The Labute approximate surface area is 124 Å². The van der Waals surface area contributed by atoms with Crippen molar-refractivity contribution in [3.63, 3.8) is 0 Å². The minimum atomic E-state index is -2.88. The van der Waals surface area contributed by atoms with E-state index in [1.807, 2.05) is 18.2 Å². The molecule has 4 nitrogen and oxygen atoms in total. The van der Waals surface area contributed by atoms with E-state index in [2.05, 4.69) is 26.2 Å². The zero-order chi connectivity index (χ0) is 13.5. The first-order valence-corrected chi connectivity index (χ1v) is 9.48. The first-order valence-electron chi connectivity index (χ1n) is 6.05. The molecule has 1 unspecified atom stereocenters. The Kier molecular flexibility index (Phi) is 3.53. The van der Waals surface area contributed by atoms with Crippen LogP contribution >= 0.6 is 27.3 Å². The van der Waals surface area contributed by atoms with Crippen LogP contribution in [-0.4, -0.2) is 30.9 Å². The van der Waals surface area contributed by atoms with Crippen LogP contribution in [0.4, 0.5) is 5.13 Å². The van der Waals surface area contributed by atoms with Gasteiger partial charge in [-0.3, -0.25) is 0 Å². The number of fused-ring (bicyclic) bond motifs is 1. The van der Waals surface area contributed by atoms with Gasteiger partial charge in [0.2, 0.25) is 0 Å². The van der Waals surface area contributed by atoms with E-state index in [1.54, 1.807) is 11.3 Å². The van der Waals surface area contributed by atoms with E-state index in [-0.39, 0.29) is 11.8 Å². The molecule has 1 fully saturated rings. The molecule has 1 saturated heterocycles. The standard InChI is InChI=1S/C12H13BrN2O2S2/c13-8-3-4-10-11(6-8)18-12(15-10)14-9-2-1-5-19(16,17)7-9/h3-4,6,9H,1-2,5,7H2,(H,14,15). The second-order valence-electron chi connectivity index (χ2n) is 4.73. The van der Waals surface area contributed by atoms with Gasteiger partial charge in [0, 0.05) is 10.5 Å². The molecule has 0 amide bonds. The number of hydrogen-bond donors (Lipinski definition) is 1. The maximum Gasteiger partial charge on any atom is 0.184 e. The zero-order valence-corrected chi connectivity index (χ0v) is 13.3. The van der Waals surface area contributed by atoms with Gasteiger partial charge in [0.25, 0.3) is 0 Å². The molecule has 1 N–H and O–H groups in total. The van der Waals surface area contributed by atoms with E-state index < -0.39 is 9.84 Å². The fourth-order valence-electron chi connectivity index (χ4n) is 2.27. The number of aromatic nitrogens is 1. The van der Waals surface area contributed by atoms with Gasteiger partial charge < -0.3 is 5.32 Å². The largest absolute Gasteiger partial charge is 0.358 e. The molecule has 2 heterocycles. The third kappa shape index (κ3) is 3.09. The van der Waals surface area contributed by atoms with Crippen molar-refractivity contribution in [2.24, 2.45) is 0 Å². The molecule has 0 bridgehead atoms. The summed E-state index contributed by atoms with van der Waals surface area (Å²) >= 11 is 4.99. The number of sulfone groups is 1. The lowest BCUT2D eigenvalue weighted by Gasteiger charge is -2.22. The number of halogens is 1. The summed E-state index contributed by atoms with van der Waals surface area (Å²) < 4.78 is 25.3. The molecular weight excluding hydrogens is 348 g/mol. The molecule has 0 aliphatic carbocycles. The first-order chi connectivity index (χ1) is 9.02. The predicted octanol–water partition coefficient (Wildman–Crippen LogP) is 3.05. The lowest BCUT2D eigenvalue weighted by Crippen LogP contribution is -2.34. The van der Waals surface area contributed by atoms with Crippen LogP contribution in [-0.2, 0) is 9.84 Å². The van der Waals surface area contributed by atoms with Gasteiger partial charge in [-0.1, -0.05) is 27.3 Å². The molecule has 1 aromatic carbocycles. The molecule has 1 aliphatic heterocycles. The lowest BCUT2D eigenvalue weighted by atomic mass is 10.2. The van der Waals surface area contributed by atoms with Crippen molar-refractivity contribution in [1.29, 1.82) is 0 Å². The average molecular weight is 361 g/mol. The fourth-order valence-corrected chi connectivity index (χ4v) is 5.40. The third-order valence-corrected chi connectivity index (χ3v) is 6.40. The molecule has 2 aromatic rings. The smallest absolute Gasteiger partial charge is 0.184 e. The first kappa shape index (κ1) is 13.3. The SMILES string of the molecule is O=S1(=O)CCCC(Nc2nc3ccc(Br)cc3s2)C1. The van der Waals surface area contributed by atoms with Crippen molar-refractivity contribution >= 4 is 52.5 Å². The molecule has 1 aliphatic rings. The average Bonchev–Trinajstić information content (AvgIpc) is 2.68. The van der Waals surface area contributed by atoms with Crippen LogP contribution in [0.5, 0.6) is 0 Å². The zero-order valence-electron chi connectivity index (χ0n) is 10.1. The summed E-state index contributed by atoms with van der Waals surface area (Å²) in [5.74, 6) is 0.532. The van der Waals surface area contributed by atoms with Crippen LogP contribution in [0.3, 0.4) is 0 Å². The normalized spacial score (nSPS) is 22.5. The van der Waals surface area contributed by atoms with Crippen molar-refractivity contribution < 1.29 is 8.42 Å². The van der Waals surface area contributed by atoms with E-state index in [9.17, 15) is 8.42 Å². The summed E-state index contributed by atoms with van der Waals surface area (Å²) in [7, 11) is -2.88. The third-order valence-electron chi connectivity index (χ3n) is 3.14. The number of anilines is 1. The van der Waals surface area contributed by atoms with Gasteiger partial charge in [0.15, 0.2) is 15.0 Å². The molecule has 0 spiro atoms. The Bertz CT molecular complexity index is 712. The van der Waals surface area contributed by atoms with Gasteiger partial charge in [-0.25, -0.2) is 13.4 Å². The van der Waals surface area contributed by atoms with E-state index in [1.165, 1.54) is 0 Å². The maximum atomic E-state index is 11.6. The van der Waals surface area contributed by atoms with Crippen LogP contribution < -0.4 is 5.32 Å². The fraction of sp³-hybridized carbons (Fsp3) is 0.417. The lowest BCUT2D eigenvalue weighted by molar-refractivity contribution is 0.562. The second kappa shape index (κ2) is 5.03. The summed E-state index contributed by atoms with van der Waals surface area (Å²) in [6.45, 7) is 0. The highest BCUT2D eigenvalue weighted by atomic mass is 79.9. The van der Waals surface area contributed by atoms with Crippen LogP contribution in [0.2, 0.25) is 0 Å². The van der Waals surface area contributed by atoms with Crippen LogP contribution in [0.1, 0.15) is 12.8 Å². The predicted molar refractivity (Wildman–Crippen MR) is 82.6 cm³/mol. The van der Waals surface area contributed by atoms with Crippen LogP contribution in [0.25, 0.3) is 10.2 Å². The summed E-state index contributed by atoms with van der Waals surface area (Å²) in [4.78, 5) is 4.49. The Morgan fingerprint density at radius 3 is 3.05 bits per heavy atom. The molecule has 1 atom stereocenters. The van der Waals surface area contributed by atoms with Crippen LogP contribution in [0.15, 0.2) is 22.7 Å². The number of nitrogens with one attached hydrogen (secondary N) is 1. The molecule has 0 radical (unpaired) electrons. The van der Waals surface area contributed by atoms with Gasteiger partial charge in [-0.15, -0.1) is 0 Å². The number of rotatable bonds is 2. The van der Waals surface area contributed by atoms with Gasteiger partial charge in [-0.2, -0.15) is 0 Å². The van der Waals surface area contributed by atoms with Gasteiger partial charge in [0.05, 0.1) is 21.7 Å². The molecule has 102 valence electrons. The highest BCUT2D eigenvalue weighted by Crippen LogP contribution is 2.29. The molecule has 0 saturated carbocycles. The highest BCUT2D eigenvalue weighted by Gasteiger charge is 2.25. The summed E-state index contributed by atoms with van der Waals surface area (Å²) in [6.07, 6.45) is 1.62. The van der Waals surface area contributed by atoms with Crippen molar-refractivity contribution in [3.05, 3.63) is 22.7 Å². The Hall–Kier alpha value is -0.660. The van der Waals surface area contributed by atoms with E-state index in [0.29, 0.717) is 5.75 Å². The molecule has 1 aromatic heterocycles. The van der Waals surface area contributed by atoms with E-state index in [4.69, 9.17) is 0 Å². The monoisotopic (exact) mass is 360 g/mol. The minimum Gasteiger partial charge on any atom is -0.358 e. The molecule has 19 heavy (non-hydrogen) atoms. The van der Waals surface area contributed by atoms with E-state index >= 15 is 0 Å². The van der Waals surface area contributed by atoms with Crippen LogP contribution in [0, 0.1) is 0 Å². The van der Waals surface area contributed by atoms with E-state index in [0.717, 1.165) is 32.7 Å². The Balaban J connectivity index is 1.81. The van der Waals surface area contributed by atoms with Crippen molar-refractivity contribution in [3.8, 4) is 0 Å². The summed E-state index contributed by atoms with van der Waals surface area (Å²) in [6, 6.07) is 5.92. The number of benzene rings is 1. The summed E-state index contributed by atoms with van der Waals surface area (Å²) in [5, 5.41) is 4.06. The topological polar surface area (TPSA) is 59.1 Å². The quantitative estimate of drug-likeness (QED) is 0.893. The molecule has 3 rings (SSSR count). The minimum absolute atomic E-state index is 0.0113. The van der Waals surface area contributed by atoms with Crippen molar-refractivity contribution in [2.75, 3.05) is 16.8 Å². The van der Waals surface area contributed by atoms with Crippen molar-refractivity contribution in [1.82, 2.24) is 4.98 Å². The molecule has 7 heteroatoms.